The van der Waals surface area contributed by atoms with Crippen LogP contribution in [0.1, 0.15) is 17.5 Å². The third-order valence-electron chi connectivity index (χ3n) is 2.98. The smallest absolute Gasteiger partial charge is 0.120 e. The van der Waals surface area contributed by atoms with Crippen LogP contribution in [0.15, 0.2) is 42.5 Å². The van der Waals surface area contributed by atoms with Gasteiger partial charge in [-0.25, -0.2) is 4.98 Å². The van der Waals surface area contributed by atoms with E-state index in [1.807, 2.05) is 43.3 Å². The molecule has 0 N–H and O–H groups in total. The van der Waals surface area contributed by atoms with Crippen molar-refractivity contribution in [1.29, 1.82) is 0 Å². The molecule has 1 aromatic heterocycles. The number of hydrogen-bond acceptors (Lipinski definition) is 3. The molecule has 0 atom stereocenters. The van der Waals surface area contributed by atoms with Crippen LogP contribution in [-0.2, 0) is 6.42 Å². The lowest BCUT2D eigenvalue weighted by Crippen LogP contribution is -1.90. The fraction of sp³-hybridized carbons (Fsp3) is 0.188. The molecule has 102 valence electrons. The number of ether oxygens (including phenoxy) is 1. The van der Waals surface area contributed by atoms with Crippen molar-refractivity contribution in [3.05, 3.63) is 58.1 Å². The highest BCUT2D eigenvalue weighted by Crippen LogP contribution is 2.28. The van der Waals surface area contributed by atoms with Gasteiger partial charge in [0.1, 0.15) is 5.75 Å². The fourth-order valence-corrected chi connectivity index (χ4v) is 3.22. The van der Waals surface area contributed by atoms with Crippen molar-refractivity contribution in [2.75, 3.05) is 6.61 Å². The molecule has 0 unspecified atom stereocenters. The zero-order chi connectivity index (χ0) is 13.9. The van der Waals surface area contributed by atoms with Crippen LogP contribution in [0.5, 0.6) is 5.75 Å². The molecule has 3 rings (SSSR count). The number of rotatable bonds is 4. The third kappa shape index (κ3) is 2.94. The average molecular weight is 304 g/mol. The zero-order valence-corrected chi connectivity index (χ0v) is 12.7. The van der Waals surface area contributed by atoms with Gasteiger partial charge in [-0.3, -0.25) is 0 Å². The predicted molar refractivity (Wildman–Crippen MR) is 85.0 cm³/mol. The molecule has 3 aromatic rings. The van der Waals surface area contributed by atoms with E-state index < -0.39 is 0 Å². The van der Waals surface area contributed by atoms with Crippen LogP contribution < -0.4 is 4.74 Å². The molecule has 0 amide bonds. The van der Waals surface area contributed by atoms with Crippen molar-refractivity contribution >= 4 is 33.2 Å². The van der Waals surface area contributed by atoms with Crippen LogP contribution in [0.4, 0.5) is 0 Å². The van der Waals surface area contributed by atoms with Crippen LogP contribution in [0, 0.1) is 0 Å². The van der Waals surface area contributed by atoms with E-state index in [4.69, 9.17) is 16.3 Å². The van der Waals surface area contributed by atoms with Gasteiger partial charge in [0.15, 0.2) is 0 Å². The number of thiazole rings is 1. The van der Waals surface area contributed by atoms with E-state index >= 15 is 0 Å². The highest BCUT2D eigenvalue weighted by atomic mass is 35.5. The first-order valence-electron chi connectivity index (χ1n) is 6.51. The SMILES string of the molecule is CCOc1ccc2nc(Cc3ccc(Cl)cc3)sc2c1. The molecule has 4 heteroatoms. The van der Waals surface area contributed by atoms with Gasteiger partial charge in [0.25, 0.3) is 0 Å². The molecule has 0 saturated heterocycles. The molecular weight excluding hydrogens is 290 g/mol. The highest BCUT2D eigenvalue weighted by Gasteiger charge is 2.06. The van der Waals surface area contributed by atoms with Gasteiger partial charge in [-0.1, -0.05) is 23.7 Å². The average Bonchev–Trinajstić information content (AvgIpc) is 2.83. The molecule has 1 heterocycles. The fourth-order valence-electron chi connectivity index (χ4n) is 2.06. The Morgan fingerprint density at radius 1 is 1.15 bits per heavy atom. The molecule has 20 heavy (non-hydrogen) atoms. The van der Waals surface area contributed by atoms with Crippen LogP contribution in [-0.4, -0.2) is 11.6 Å². The molecule has 0 aliphatic carbocycles. The maximum atomic E-state index is 5.90. The Labute approximate surface area is 127 Å². The van der Waals surface area contributed by atoms with Crippen molar-refractivity contribution < 1.29 is 4.74 Å². The lowest BCUT2D eigenvalue weighted by Gasteiger charge is -2.00. The molecule has 0 aliphatic rings. The van der Waals surface area contributed by atoms with Crippen molar-refractivity contribution in [1.82, 2.24) is 4.98 Å². The van der Waals surface area contributed by atoms with E-state index in [1.54, 1.807) is 11.3 Å². The van der Waals surface area contributed by atoms with Crippen LogP contribution in [0.3, 0.4) is 0 Å². The number of hydrogen-bond donors (Lipinski definition) is 0. The van der Waals surface area contributed by atoms with Crippen molar-refractivity contribution in [3.8, 4) is 5.75 Å². The maximum absolute atomic E-state index is 5.90. The van der Waals surface area contributed by atoms with E-state index in [9.17, 15) is 0 Å². The number of aromatic nitrogens is 1. The minimum absolute atomic E-state index is 0.682. The first kappa shape index (κ1) is 13.4. The second-order valence-corrected chi connectivity index (χ2v) is 6.03. The quantitative estimate of drug-likeness (QED) is 0.681. The monoisotopic (exact) mass is 303 g/mol. The Morgan fingerprint density at radius 2 is 1.95 bits per heavy atom. The van der Waals surface area contributed by atoms with Crippen molar-refractivity contribution in [2.45, 2.75) is 13.3 Å². The topological polar surface area (TPSA) is 22.1 Å². The molecule has 2 aromatic carbocycles. The van der Waals surface area contributed by atoms with Gasteiger partial charge in [-0.2, -0.15) is 0 Å². The summed E-state index contributed by atoms with van der Waals surface area (Å²) in [6.07, 6.45) is 0.834. The molecule has 0 bridgehead atoms. The summed E-state index contributed by atoms with van der Waals surface area (Å²) in [6.45, 7) is 2.67. The summed E-state index contributed by atoms with van der Waals surface area (Å²) >= 11 is 7.61. The van der Waals surface area contributed by atoms with Gasteiger partial charge in [-0.15, -0.1) is 11.3 Å². The number of benzene rings is 2. The lowest BCUT2D eigenvalue weighted by molar-refractivity contribution is 0.341. The van der Waals surface area contributed by atoms with E-state index in [1.165, 1.54) is 10.3 Å². The van der Waals surface area contributed by atoms with E-state index in [-0.39, 0.29) is 0 Å². The molecule has 0 saturated carbocycles. The third-order valence-corrected chi connectivity index (χ3v) is 4.25. The molecule has 0 radical (unpaired) electrons. The van der Waals surface area contributed by atoms with Gasteiger partial charge in [0.05, 0.1) is 21.8 Å². The van der Waals surface area contributed by atoms with Crippen LogP contribution in [0.2, 0.25) is 5.02 Å². The van der Waals surface area contributed by atoms with E-state index in [0.717, 1.165) is 27.7 Å². The minimum atomic E-state index is 0.682. The Morgan fingerprint density at radius 3 is 2.70 bits per heavy atom. The normalized spacial score (nSPS) is 10.9. The van der Waals surface area contributed by atoms with Gasteiger partial charge in [-0.05, 0) is 42.8 Å². The number of fused-ring (bicyclic) bond motifs is 1. The van der Waals surface area contributed by atoms with Gasteiger partial charge in [0.2, 0.25) is 0 Å². The van der Waals surface area contributed by atoms with Gasteiger partial charge < -0.3 is 4.74 Å². The molecule has 0 spiro atoms. The predicted octanol–water partition coefficient (Wildman–Crippen LogP) is 4.94. The summed E-state index contributed by atoms with van der Waals surface area (Å²) in [6, 6.07) is 14.0. The standard InChI is InChI=1S/C16H14ClNOS/c1-2-19-13-7-8-14-15(10-13)20-16(18-14)9-11-3-5-12(17)6-4-11/h3-8,10H,2,9H2,1H3. The number of nitrogens with zero attached hydrogens (tertiary/aromatic N) is 1. The summed E-state index contributed by atoms with van der Waals surface area (Å²) in [5.74, 6) is 0.904. The molecule has 0 fully saturated rings. The summed E-state index contributed by atoms with van der Waals surface area (Å²) < 4.78 is 6.69. The summed E-state index contributed by atoms with van der Waals surface area (Å²) in [7, 11) is 0. The maximum Gasteiger partial charge on any atom is 0.120 e. The van der Waals surface area contributed by atoms with Crippen LogP contribution in [0.25, 0.3) is 10.2 Å². The summed E-state index contributed by atoms with van der Waals surface area (Å²) in [5.41, 5.74) is 2.25. The summed E-state index contributed by atoms with van der Waals surface area (Å²) in [5, 5.41) is 1.87. The lowest BCUT2D eigenvalue weighted by atomic mass is 10.2. The first-order valence-corrected chi connectivity index (χ1v) is 7.71. The Kier molecular flexibility index (Phi) is 3.90. The molecular formula is C16H14ClNOS. The second-order valence-electron chi connectivity index (χ2n) is 4.47. The van der Waals surface area contributed by atoms with Crippen molar-refractivity contribution in [2.24, 2.45) is 0 Å². The summed E-state index contributed by atoms with van der Waals surface area (Å²) in [4.78, 5) is 4.66. The Hall–Kier alpha value is -1.58. The van der Waals surface area contributed by atoms with Crippen LogP contribution >= 0.6 is 22.9 Å². The largest absolute Gasteiger partial charge is 0.494 e. The van der Waals surface area contributed by atoms with Gasteiger partial charge >= 0.3 is 0 Å². The van der Waals surface area contributed by atoms with E-state index in [0.29, 0.717) is 6.61 Å². The Balaban J connectivity index is 1.86. The Bertz CT molecular complexity index is 721. The molecule has 0 aliphatic heterocycles. The zero-order valence-electron chi connectivity index (χ0n) is 11.1. The van der Waals surface area contributed by atoms with E-state index in [2.05, 4.69) is 11.1 Å². The second kappa shape index (κ2) is 5.81. The molecule has 2 nitrogen and oxygen atoms in total. The highest BCUT2D eigenvalue weighted by molar-refractivity contribution is 7.18. The first-order chi connectivity index (χ1) is 9.74. The van der Waals surface area contributed by atoms with Gasteiger partial charge in [0, 0.05) is 11.4 Å². The minimum Gasteiger partial charge on any atom is -0.494 e. The van der Waals surface area contributed by atoms with Crippen molar-refractivity contribution in [3.63, 3.8) is 0 Å². The number of halogens is 1.